The first-order valence-corrected chi connectivity index (χ1v) is 8.01. The molecule has 0 saturated carbocycles. The first kappa shape index (κ1) is 15.4. The lowest BCUT2D eigenvalue weighted by Crippen LogP contribution is -2.32. The van der Waals surface area contributed by atoms with Gasteiger partial charge in [0.2, 0.25) is 5.91 Å². The molecule has 126 valence electrons. The molecule has 0 unspecified atom stereocenters. The van der Waals surface area contributed by atoms with Crippen molar-refractivity contribution < 1.29 is 14.7 Å². The standard InChI is InChI=1S/C19H17N3O3/c1-19(2)9-16(23)20-13-8-15-14(7-12(13)19)21-17(22-15)10-3-5-11(6-4-10)18(24)25/h3-8H,9H2,1-2H3,(H,20,23)(H,21,22)(H,24,25). The second kappa shape index (κ2) is 5.17. The Hall–Kier alpha value is -3.15. The maximum absolute atomic E-state index is 11.9. The van der Waals surface area contributed by atoms with Crippen molar-refractivity contribution in [1.82, 2.24) is 9.97 Å². The Balaban J connectivity index is 1.81. The van der Waals surface area contributed by atoms with E-state index in [9.17, 15) is 9.59 Å². The predicted molar refractivity (Wildman–Crippen MR) is 94.8 cm³/mol. The molecule has 3 aromatic rings. The Morgan fingerprint density at radius 3 is 2.60 bits per heavy atom. The summed E-state index contributed by atoms with van der Waals surface area (Å²) in [5, 5.41) is 11.9. The highest BCUT2D eigenvalue weighted by molar-refractivity contribution is 5.98. The van der Waals surface area contributed by atoms with E-state index in [1.54, 1.807) is 24.3 Å². The minimum atomic E-state index is -0.957. The zero-order valence-electron chi connectivity index (χ0n) is 13.9. The van der Waals surface area contributed by atoms with E-state index in [4.69, 9.17) is 5.11 Å². The van der Waals surface area contributed by atoms with Crippen molar-refractivity contribution in [2.45, 2.75) is 25.7 Å². The number of carboxylic acids is 1. The van der Waals surface area contributed by atoms with Gasteiger partial charge in [-0.3, -0.25) is 4.79 Å². The summed E-state index contributed by atoms with van der Waals surface area (Å²) >= 11 is 0. The average molecular weight is 335 g/mol. The zero-order chi connectivity index (χ0) is 17.8. The fraction of sp³-hybridized carbons (Fsp3) is 0.211. The van der Waals surface area contributed by atoms with Gasteiger partial charge in [0.25, 0.3) is 0 Å². The summed E-state index contributed by atoms with van der Waals surface area (Å²) in [4.78, 5) is 30.7. The van der Waals surface area contributed by atoms with Gasteiger partial charge in [0, 0.05) is 23.1 Å². The van der Waals surface area contributed by atoms with Crippen molar-refractivity contribution in [3.8, 4) is 11.4 Å². The number of carboxylic acid groups (broad SMARTS) is 1. The number of benzene rings is 2. The highest BCUT2D eigenvalue weighted by Crippen LogP contribution is 2.39. The van der Waals surface area contributed by atoms with Crippen LogP contribution in [-0.4, -0.2) is 27.0 Å². The molecule has 3 N–H and O–H groups in total. The van der Waals surface area contributed by atoms with Crippen molar-refractivity contribution in [2.75, 3.05) is 5.32 Å². The molecule has 1 aliphatic rings. The molecule has 1 aromatic heterocycles. The number of aromatic amines is 1. The Labute approximate surface area is 143 Å². The monoisotopic (exact) mass is 335 g/mol. The number of hydrogen-bond donors (Lipinski definition) is 3. The SMILES string of the molecule is CC1(C)CC(=O)Nc2cc3nc(-c4ccc(C(=O)O)cc4)[nH]c3cc21. The Morgan fingerprint density at radius 1 is 1.20 bits per heavy atom. The van der Waals surface area contributed by atoms with Crippen molar-refractivity contribution in [3.05, 3.63) is 47.5 Å². The van der Waals surface area contributed by atoms with Crippen LogP contribution in [0.2, 0.25) is 0 Å². The van der Waals surface area contributed by atoms with E-state index in [-0.39, 0.29) is 16.9 Å². The topological polar surface area (TPSA) is 95.1 Å². The van der Waals surface area contributed by atoms with Crippen LogP contribution in [0.4, 0.5) is 5.69 Å². The van der Waals surface area contributed by atoms with Gasteiger partial charge in [-0.15, -0.1) is 0 Å². The van der Waals surface area contributed by atoms with Gasteiger partial charge in [-0.1, -0.05) is 26.0 Å². The zero-order valence-corrected chi connectivity index (χ0v) is 13.9. The number of imidazole rings is 1. The number of hydrogen-bond acceptors (Lipinski definition) is 3. The lowest BCUT2D eigenvalue weighted by Gasteiger charge is -2.31. The van der Waals surface area contributed by atoms with Crippen LogP contribution in [0.3, 0.4) is 0 Å². The van der Waals surface area contributed by atoms with Gasteiger partial charge in [-0.05, 0) is 29.8 Å². The third-order valence-corrected chi connectivity index (χ3v) is 4.63. The number of carbonyl (C=O) groups excluding carboxylic acids is 1. The summed E-state index contributed by atoms with van der Waals surface area (Å²) in [6, 6.07) is 10.5. The van der Waals surface area contributed by atoms with Crippen LogP contribution in [0.1, 0.15) is 36.2 Å². The Morgan fingerprint density at radius 2 is 1.92 bits per heavy atom. The number of nitrogens with zero attached hydrogens (tertiary/aromatic N) is 1. The maximum atomic E-state index is 11.9. The smallest absolute Gasteiger partial charge is 0.335 e. The highest BCUT2D eigenvalue weighted by Gasteiger charge is 2.32. The first-order valence-electron chi connectivity index (χ1n) is 8.01. The van der Waals surface area contributed by atoms with E-state index >= 15 is 0 Å². The lowest BCUT2D eigenvalue weighted by atomic mass is 9.78. The highest BCUT2D eigenvalue weighted by atomic mass is 16.4. The van der Waals surface area contributed by atoms with Crippen molar-refractivity contribution in [3.63, 3.8) is 0 Å². The molecule has 0 aliphatic carbocycles. The molecule has 0 saturated heterocycles. The summed E-state index contributed by atoms with van der Waals surface area (Å²) in [5.41, 5.74) is 4.33. The van der Waals surface area contributed by atoms with Crippen LogP contribution in [0.15, 0.2) is 36.4 Å². The molecule has 4 rings (SSSR count). The van der Waals surface area contributed by atoms with Crippen molar-refractivity contribution in [2.24, 2.45) is 0 Å². The van der Waals surface area contributed by atoms with Gasteiger partial charge in [0.05, 0.1) is 16.6 Å². The van der Waals surface area contributed by atoms with Gasteiger partial charge < -0.3 is 15.4 Å². The minimum absolute atomic E-state index is 0.0110. The minimum Gasteiger partial charge on any atom is -0.478 e. The van der Waals surface area contributed by atoms with Gasteiger partial charge in [-0.2, -0.15) is 0 Å². The molecule has 2 aromatic carbocycles. The van der Waals surface area contributed by atoms with Gasteiger partial charge in [0.1, 0.15) is 5.82 Å². The second-order valence-electron chi connectivity index (χ2n) is 6.99. The number of aromatic carboxylic acids is 1. The fourth-order valence-corrected chi connectivity index (χ4v) is 3.32. The van der Waals surface area contributed by atoms with E-state index in [1.807, 2.05) is 12.1 Å². The largest absolute Gasteiger partial charge is 0.478 e. The number of carbonyl (C=O) groups is 2. The van der Waals surface area contributed by atoms with E-state index < -0.39 is 5.97 Å². The fourth-order valence-electron chi connectivity index (χ4n) is 3.32. The van der Waals surface area contributed by atoms with Gasteiger partial charge in [0.15, 0.2) is 0 Å². The summed E-state index contributed by atoms with van der Waals surface area (Å²) in [7, 11) is 0. The molecule has 25 heavy (non-hydrogen) atoms. The van der Waals surface area contributed by atoms with E-state index in [2.05, 4.69) is 29.1 Å². The molecule has 6 nitrogen and oxygen atoms in total. The summed E-state index contributed by atoms with van der Waals surface area (Å²) in [6.45, 7) is 4.11. The predicted octanol–water partition coefficient (Wildman–Crippen LogP) is 3.55. The van der Waals surface area contributed by atoms with Crippen molar-refractivity contribution >= 4 is 28.6 Å². The molecule has 2 heterocycles. The third-order valence-electron chi connectivity index (χ3n) is 4.63. The molecule has 1 amide bonds. The number of anilines is 1. The Kier molecular flexibility index (Phi) is 3.18. The summed E-state index contributed by atoms with van der Waals surface area (Å²) < 4.78 is 0. The van der Waals surface area contributed by atoms with E-state index in [0.717, 1.165) is 27.8 Å². The number of fused-ring (bicyclic) bond motifs is 2. The maximum Gasteiger partial charge on any atom is 0.335 e. The third kappa shape index (κ3) is 2.55. The molecule has 0 radical (unpaired) electrons. The van der Waals surface area contributed by atoms with Gasteiger partial charge >= 0.3 is 5.97 Å². The molecular weight excluding hydrogens is 318 g/mol. The molecule has 1 aliphatic heterocycles. The van der Waals surface area contributed by atoms with Crippen LogP contribution in [0.25, 0.3) is 22.4 Å². The molecule has 0 atom stereocenters. The van der Waals surface area contributed by atoms with Crippen molar-refractivity contribution in [1.29, 1.82) is 0 Å². The average Bonchev–Trinajstić information content (AvgIpc) is 2.95. The van der Waals surface area contributed by atoms with E-state index in [1.165, 1.54) is 0 Å². The molecule has 0 fully saturated rings. The summed E-state index contributed by atoms with van der Waals surface area (Å²) in [5.74, 6) is -0.280. The molecule has 0 bridgehead atoms. The van der Waals surface area contributed by atoms with Crippen LogP contribution < -0.4 is 5.32 Å². The lowest BCUT2D eigenvalue weighted by molar-refractivity contribution is -0.117. The molecule has 6 heteroatoms. The van der Waals surface area contributed by atoms with Crippen LogP contribution >= 0.6 is 0 Å². The number of nitrogens with one attached hydrogen (secondary N) is 2. The number of H-pyrrole nitrogens is 1. The van der Waals surface area contributed by atoms with E-state index in [0.29, 0.717) is 12.2 Å². The van der Waals surface area contributed by atoms with Gasteiger partial charge in [-0.25, -0.2) is 9.78 Å². The normalized spacial score (nSPS) is 15.7. The quantitative estimate of drug-likeness (QED) is 0.667. The van der Waals surface area contributed by atoms with Crippen LogP contribution in [-0.2, 0) is 10.2 Å². The van der Waals surface area contributed by atoms with Crippen LogP contribution in [0.5, 0.6) is 0 Å². The number of aromatic nitrogens is 2. The van der Waals surface area contributed by atoms with Crippen LogP contribution in [0, 0.1) is 0 Å². The summed E-state index contributed by atoms with van der Waals surface area (Å²) in [6.07, 6.45) is 0.448. The molecule has 0 spiro atoms. The first-order chi connectivity index (χ1) is 11.8. The molecular formula is C19H17N3O3. The Bertz CT molecular complexity index is 1020. The number of amides is 1. The second-order valence-corrected chi connectivity index (χ2v) is 6.99. The number of rotatable bonds is 2.